The summed E-state index contributed by atoms with van der Waals surface area (Å²) in [5.74, 6) is 0. The molecule has 0 unspecified atom stereocenters. The number of hydrogen-bond acceptors (Lipinski definition) is 1. The van der Waals surface area contributed by atoms with E-state index in [-0.39, 0.29) is 0 Å². The quantitative estimate of drug-likeness (QED) is 0.564. The summed E-state index contributed by atoms with van der Waals surface area (Å²) < 4.78 is 0. The number of rotatable bonds is 2. The number of hydrogen-bond donors (Lipinski definition) is 0. The van der Waals surface area contributed by atoms with Gasteiger partial charge >= 0.3 is 0 Å². The Bertz CT molecular complexity index is 727. The highest BCUT2D eigenvalue weighted by Crippen LogP contribution is 2.21. The summed E-state index contributed by atoms with van der Waals surface area (Å²) in [5, 5.41) is 2.48. The summed E-state index contributed by atoms with van der Waals surface area (Å²) in [6.07, 6.45) is 0. The Labute approximate surface area is 113 Å². The molecule has 0 amide bonds. The lowest BCUT2D eigenvalue weighted by Gasteiger charge is -2.02. The third-order valence-corrected chi connectivity index (χ3v) is 3.22. The van der Waals surface area contributed by atoms with Gasteiger partial charge in [0.2, 0.25) is 0 Å². The van der Waals surface area contributed by atoms with Gasteiger partial charge in [0.15, 0.2) is 0 Å². The van der Waals surface area contributed by atoms with Crippen LogP contribution in [0.2, 0.25) is 0 Å². The molecule has 92 valence electrons. The summed E-state index contributed by atoms with van der Waals surface area (Å²) in [4.78, 5) is 4.70. The van der Waals surface area contributed by atoms with Crippen molar-refractivity contribution in [1.29, 1.82) is 0 Å². The zero-order chi connectivity index (χ0) is 13.1. The average molecular weight is 245 g/mol. The maximum Gasteiger partial charge on any atom is 0.0639 e. The fraction of sp³-hybridized carbons (Fsp3) is 0.0556. The second-order valence-corrected chi connectivity index (χ2v) is 4.59. The highest BCUT2D eigenvalue weighted by atomic mass is 14.7. The molecular formula is C18H15N. The summed E-state index contributed by atoms with van der Waals surface area (Å²) >= 11 is 0. The van der Waals surface area contributed by atoms with Crippen LogP contribution in [-0.2, 0) is 0 Å². The van der Waals surface area contributed by atoms with Crippen LogP contribution < -0.4 is 0 Å². The Balaban J connectivity index is 2.01. The highest BCUT2D eigenvalue weighted by Gasteiger charge is 1.98. The fourth-order valence-corrected chi connectivity index (χ4v) is 2.18. The molecule has 0 saturated carbocycles. The fourth-order valence-electron chi connectivity index (χ4n) is 2.18. The molecule has 0 aromatic heterocycles. The lowest BCUT2D eigenvalue weighted by molar-refractivity contribution is 1.49. The van der Waals surface area contributed by atoms with Crippen molar-refractivity contribution < 1.29 is 0 Å². The smallest absolute Gasteiger partial charge is 0.0639 e. The van der Waals surface area contributed by atoms with Gasteiger partial charge in [0, 0.05) is 5.71 Å². The van der Waals surface area contributed by atoms with Crippen molar-refractivity contribution in [2.75, 3.05) is 0 Å². The first-order valence-corrected chi connectivity index (χ1v) is 6.42. The van der Waals surface area contributed by atoms with Crippen molar-refractivity contribution in [3.63, 3.8) is 0 Å². The van der Waals surface area contributed by atoms with Crippen molar-refractivity contribution in [1.82, 2.24) is 0 Å². The Kier molecular flexibility index (Phi) is 3.11. The minimum atomic E-state index is 1.00. The molecule has 0 saturated heterocycles. The van der Waals surface area contributed by atoms with Gasteiger partial charge < -0.3 is 0 Å². The van der Waals surface area contributed by atoms with Gasteiger partial charge in [-0.15, -0.1) is 0 Å². The molecule has 3 rings (SSSR count). The van der Waals surface area contributed by atoms with Crippen molar-refractivity contribution in [2.45, 2.75) is 6.92 Å². The molecule has 0 aliphatic rings. The maximum atomic E-state index is 4.70. The molecule has 0 N–H and O–H groups in total. The lowest BCUT2D eigenvalue weighted by atomic mass is 10.1. The second-order valence-electron chi connectivity index (χ2n) is 4.59. The molecule has 19 heavy (non-hydrogen) atoms. The van der Waals surface area contributed by atoms with Crippen molar-refractivity contribution in [2.24, 2.45) is 4.99 Å². The normalized spacial score (nSPS) is 11.7. The molecule has 0 aliphatic heterocycles. The van der Waals surface area contributed by atoms with E-state index in [9.17, 15) is 0 Å². The number of aliphatic imine (C=N–C) groups is 1. The van der Waals surface area contributed by atoms with Crippen LogP contribution in [0.4, 0.5) is 5.69 Å². The topological polar surface area (TPSA) is 12.4 Å². The molecular weight excluding hydrogens is 230 g/mol. The van der Waals surface area contributed by atoms with Crippen LogP contribution in [0.15, 0.2) is 77.8 Å². The van der Waals surface area contributed by atoms with Gasteiger partial charge in [0.05, 0.1) is 5.69 Å². The average Bonchev–Trinajstić information content (AvgIpc) is 2.48. The van der Waals surface area contributed by atoms with Gasteiger partial charge in [-0.1, -0.05) is 60.7 Å². The van der Waals surface area contributed by atoms with E-state index in [1.807, 2.05) is 25.1 Å². The first-order chi connectivity index (χ1) is 9.33. The van der Waals surface area contributed by atoms with Crippen LogP contribution in [0.25, 0.3) is 10.8 Å². The Morgan fingerprint density at radius 2 is 1.42 bits per heavy atom. The summed E-state index contributed by atoms with van der Waals surface area (Å²) in [6.45, 7) is 2.05. The predicted molar refractivity (Wildman–Crippen MR) is 82.3 cm³/mol. The van der Waals surface area contributed by atoms with E-state index in [1.165, 1.54) is 10.8 Å². The third kappa shape index (κ3) is 2.55. The third-order valence-electron chi connectivity index (χ3n) is 3.22. The number of benzene rings is 3. The molecule has 0 atom stereocenters. The van der Waals surface area contributed by atoms with Crippen LogP contribution >= 0.6 is 0 Å². The van der Waals surface area contributed by atoms with Crippen LogP contribution in [0.5, 0.6) is 0 Å². The zero-order valence-electron chi connectivity index (χ0n) is 10.9. The van der Waals surface area contributed by atoms with Crippen molar-refractivity contribution in [3.8, 4) is 0 Å². The van der Waals surface area contributed by atoms with E-state index in [1.54, 1.807) is 0 Å². The van der Waals surface area contributed by atoms with Gasteiger partial charge in [-0.05, 0) is 35.4 Å². The molecule has 0 bridgehead atoms. The van der Waals surface area contributed by atoms with E-state index in [4.69, 9.17) is 4.99 Å². The van der Waals surface area contributed by atoms with Crippen LogP contribution in [-0.4, -0.2) is 5.71 Å². The molecule has 3 aromatic carbocycles. The first kappa shape index (κ1) is 11.7. The minimum absolute atomic E-state index is 1.00. The van der Waals surface area contributed by atoms with Gasteiger partial charge in [-0.3, -0.25) is 4.99 Å². The minimum Gasteiger partial charge on any atom is -0.253 e. The van der Waals surface area contributed by atoms with Crippen LogP contribution in [0.3, 0.4) is 0 Å². The van der Waals surface area contributed by atoms with Crippen LogP contribution in [0.1, 0.15) is 12.5 Å². The standard InChI is InChI=1S/C18H15N/c1-14(15-7-3-2-4-8-15)19-18-12-11-16-9-5-6-10-17(16)13-18/h2-13H,1H3. The second kappa shape index (κ2) is 5.07. The van der Waals surface area contributed by atoms with E-state index in [2.05, 4.69) is 54.6 Å². The molecule has 0 heterocycles. The SMILES string of the molecule is CC(=Nc1ccc2ccccc2c1)c1ccccc1. The van der Waals surface area contributed by atoms with Crippen molar-refractivity contribution >= 4 is 22.2 Å². The Morgan fingerprint density at radius 1 is 0.737 bits per heavy atom. The van der Waals surface area contributed by atoms with E-state index in [0.717, 1.165) is 17.0 Å². The van der Waals surface area contributed by atoms with Gasteiger partial charge in [0.25, 0.3) is 0 Å². The zero-order valence-corrected chi connectivity index (χ0v) is 10.9. The monoisotopic (exact) mass is 245 g/mol. The molecule has 0 radical (unpaired) electrons. The summed E-state index contributed by atoms with van der Waals surface area (Å²) in [7, 11) is 0. The Hall–Kier alpha value is -2.41. The van der Waals surface area contributed by atoms with Gasteiger partial charge in [-0.2, -0.15) is 0 Å². The van der Waals surface area contributed by atoms with Gasteiger partial charge in [-0.25, -0.2) is 0 Å². The van der Waals surface area contributed by atoms with Crippen LogP contribution in [0, 0.1) is 0 Å². The molecule has 0 aliphatic carbocycles. The van der Waals surface area contributed by atoms with E-state index >= 15 is 0 Å². The van der Waals surface area contributed by atoms with Gasteiger partial charge in [0.1, 0.15) is 0 Å². The molecule has 0 spiro atoms. The molecule has 3 aromatic rings. The van der Waals surface area contributed by atoms with E-state index < -0.39 is 0 Å². The molecule has 0 fully saturated rings. The number of nitrogens with zero attached hydrogens (tertiary/aromatic N) is 1. The Morgan fingerprint density at radius 3 is 2.21 bits per heavy atom. The predicted octanol–water partition coefficient (Wildman–Crippen LogP) is 4.98. The maximum absolute atomic E-state index is 4.70. The largest absolute Gasteiger partial charge is 0.253 e. The van der Waals surface area contributed by atoms with Crippen molar-refractivity contribution in [3.05, 3.63) is 78.4 Å². The molecule has 1 nitrogen and oxygen atoms in total. The summed E-state index contributed by atoms with van der Waals surface area (Å²) in [5.41, 5.74) is 3.20. The number of fused-ring (bicyclic) bond motifs is 1. The highest BCUT2D eigenvalue weighted by molar-refractivity contribution is 6.00. The lowest BCUT2D eigenvalue weighted by Crippen LogP contribution is -1.92. The first-order valence-electron chi connectivity index (χ1n) is 6.42. The summed E-state index contributed by atoms with van der Waals surface area (Å²) in [6, 6.07) is 24.9. The van der Waals surface area contributed by atoms with E-state index in [0.29, 0.717) is 0 Å². The molecule has 1 heteroatoms.